The highest BCUT2D eigenvalue weighted by Gasteiger charge is 2.27. The Morgan fingerprint density at radius 3 is 2.78 bits per heavy atom. The van der Waals surface area contributed by atoms with Crippen LogP contribution in [-0.2, 0) is 9.59 Å². The summed E-state index contributed by atoms with van der Waals surface area (Å²) in [4.78, 5) is 25.7. The van der Waals surface area contributed by atoms with E-state index in [1.54, 1.807) is 24.3 Å². The van der Waals surface area contributed by atoms with Gasteiger partial charge in [0.2, 0.25) is 0 Å². The van der Waals surface area contributed by atoms with Crippen LogP contribution in [0.25, 0.3) is 0 Å². The van der Waals surface area contributed by atoms with Gasteiger partial charge < -0.3 is 9.47 Å². The lowest BCUT2D eigenvalue weighted by molar-refractivity contribution is -0.134. The Bertz CT molecular complexity index is 769. The number of carbonyl (C=O) groups is 2. The van der Waals surface area contributed by atoms with Gasteiger partial charge in [0.1, 0.15) is 18.0 Å². The Hall–Kier alpha value is -2.82. The van der Waals surface area contributed by atoms with Crippen molar-refractivity contribution in [3.8, 4) is 11.5 Å². The molecule has 0 bridgehead atoms. The van der Waals surface area contributed by atoms with Crippen LogP contribution in [0.2, 0.25) is 0 Å². The number of nitrogens with zero attached hydrogens (tertiary/aromatic N) is 1. The van der Waals surface area contributed by atoms with Crippen molar-refractivity contribution in [3.05, 3.63) is 53.6 Å². The number of anilines is 1. The molecular weight excluding hydrogens is 294 g/mol. The summed E-state index contributed by atoms with van der Waals surface area (Å²) in [5, 5.41) is 0. The minimum absolute atomic E-state index is 0.0755. The average molecular weight is 311 g/mol. The van der Waals surface area contributed by atoms with Gasteiger partial charge in [-0.1, -0.05) is 29.8 Å². The van der Waals surface area contributed by atoms with E-state index < -0.39 is 5.97 Å². The molecule has 0 saturated heterocycles. The fourth-order valence-corrected chi connectivity index (χ4v) is 2.53. The van der Waals surface area contributed by atoms with Gasteiger partial charge in [-0.15, -0.1) is 0 Å². The van der Waals surface area contributed by atoms with Crippen LogP contribution in [-0.4, -0.2) is 25.0 Å². The van der Waals surface area contributed by atoms with Crippen LogP contribution in [0.15, 0.2) is 42.5 Å². The molecule has 0 saturated carbocycles. The summed E-state index contributed by atoms with van der Waals surface area (Å²) in [5.74, 6) is 0.351. The van der Waals surface area contributed by atoms with Gasteiger partial charge in [-0.25, -0.2) is 4.79 Å². The normalized spacial score (nSPS) is 13.3. The van der Waals surface area contributed by atoms with Crippen LogP contribution < -0.4 is 14.4 Å². The first kappa shape index (κ1) is 15.1. The third kappa shape index (κ3) is 3.18. The average Bonchev–Trinajstić information content (AvgIpc) is 2.53. The third-order valence-corrected chi connectivity index (χ3v) is 3.65. The van der Waals surface area contributed by atoms with Gasteiger partial charge in [0, 0.05) is 0 Å². The summed E-state index contributed by atoms with van der Waals surface area (Å²) in [6.07, 6.45) is 0. The van der Waals surface area contributed by atoms with Crippen molar-refractivity contribution in [2.24, 2.45) is 0 Å². The van der Waals surface area contributed by atoms with Gasteiger partial charge in [-0.3, -0.25) is 9.69 Å². The standard InChI is InChI=1S/C18H17NO4/c1-12-7-8-15(13(2)9-12)23-18(21)10-19-14-5-3-4-6-16(14)22-11-17(19)20/h3-9H,10-11H2,1-2H3. The maximum atomic E-state index is 12.2. The van der Waals surface area contributed by atoms with E-state index in [1.165, 1.54) is 4.90 Å². The Labute approximate surface area is 134 Å². The number of esters is 1. The van der Waals surface area contributed by atoms with Gasteiger partial charge in [-0.2, -0.15) is 0 Å². The van der Waals surface area contributed by atoms with Crippen molar-refractivity contribution in [3.63, 3.8) is 0 Å². The summed E-state index contributed by atoms with van der Waals surface area (Å²) in [6.45, 7) is 3.63. The monoisotopic (exact) mass is 311 g/mol. The molecule has 0 radical (unpaired) electrons. The van der Waals surface area contributed by atoms with Crippen LogP contribution in [0, 0.1) is 13.8 Å². The molecule has 0 atom stereocenters. The van der Waals surface area contributed by atoms with E-state index in [4.69, 9.17) is 9.47 Å². The number of amides is 1. The first-order chi connectivity index (χ1) is 11.0. The lowest BCUT2D eigenvalue weighted by atomic mass is 10.1. The highest BCUT2D eigenvalue weighted by atomic mass is 16.5. The first-order valence-corrected chi connectivity index (χ1v) is 7.35. The van der Waals surface area contributed by atoms with Crippen molar-refractivity contribution < 1.29 is 19.1 Å². The predicted octanol–water partition coefficient (Wildman–Crippen LogP) is 2.63. The Morgan fingerprint density at radius 1 is 1.22 bits per heavy atom. The zero-order valence-corrected chi connectivity index (χ0v) is 13.0. The van der Waals surface area contributed by atoms with Gasteiger partial charge in [0.15, 0.2) is 6.61 Å². The second-order valence-electron chi connectivity index (χ2n) is 5.48. The van der Waals surface area contributed by atoms with Crippen LogP contribution in [0.1, 0.15) is 11.1 Å². The van der Waals surface area contributed by atoms with Crippen molar-refractivity contribution in [1.82, 2.24) is 0 Å². The van der Waals surface area contributed by atoms with E-state index in [0.29, 0.717) is 17.2 Å². The fourth-order valence-electron chi connectivity index (χ4n) is 2.53. The van der Waals surface area contributed by atoms with Crippen molar-refractivity contribution in [2.45, 2.75) is 13.8 Å². The number of ether oxygens (including phenoxy) is 2. The maximum absolute atomic E-state index is 12.2. The molecule has 3 rings (SSSR count). The van der Waals surface area contributed by atoms with E-state index in [9.17, 15) is 9.59 Å². The van der Waals surface area contributed by atoms with E-state index in [0.717, 1.165) is 11.1 Å². The fraction of sp³-hybridized carbons (Fsp3) is 0.222. The molecule has 1 aliphatic heterocycles. The van der Waals surface area contributed by atoms with Crippen LogP contribution in [0.5, 0.6) is 11.5 Å². The highest BCUT2D eigenvalue weighted by molar-refractivity contribution is 6.01. The summed E-state index contributed by atoms with van der Waals surface area (Å²) in [7, 11) is 0. The molecule has 2 aromatic rings. The molecule has 2 aromatic carbocycles. The van der Waals surface area contributed by atoms with E-state index in [1.807, 2.05) is 32.0 Å². The number of fused-ring (bicyclic) bond motifs is 1. The number of para-hydroxylation sites is 2. The molecule has 5 nitrogen and oxygen atoms in total. The molecule has 1 heterocycles. The van der Waals surface area contributed by atoms with Crippen LogP contribution in [0.4, 0.5) is 5.69 Å². The summed E-state index contributed by atoms with van der Waals surface area (Å²) in [5.41, 5.74) is 2.56. The molecule has 1 amide bonds. The van der Waals surface area contributed by atoms with E-state index >= 15 is 0 Å². The lowest BCUT2D eigenvalue weighted by Crippen LogP contribution is -2.43. The first-order valence-electron chi connectivity index (χ1n) is 7.35. The van der Waals surface area contributed by atoms with Crippen molar-refractivity contribution in [2.75, 3.05) is 18.1 Å². The number of benzene rings is 2. The molecule has 0 fully saturated rings. The van der Waals surface area contributed by atoms with E-state index in [-0.39, 0.29) is 19.1 Å². The highest BCUT2D eigenvalue weighted by Crippen LogP contribution is 2.31. The molecule has 5 heteroatoms. The van der Waals surface area contributed by atoms with Crippen molar-refractivity contribution >= 4 is 17.6 Å². The zero-order valence-electron chi connectivity index (χ0n) is 13.0. The van der Waals surface area contributed by atoms with E-state index in [2.05, 4.69) is 0 Å². The molecular formula is C18H17NO4. The molecule has 0 spiro atoms. The quantitative estimate of drug-likeness (QED) is 0.646. The molecule has 0 unspecified atom stereocenters. The Kier molecular flexibility index (Phi) is 4.02. The minimum atomic E-state index is -0.484. The Balaban J connectivity index is 1.76. The number of hydrogen-bond donors (Lipinski definition) is 0. The van der Waals surface area contributed by atoms with Gasteiger partial charge in [0.25, 0.3) is 5.91 Å². The second kappa shape index (κ2) is 6.12. The number of carbonyl (C=O) groups excluding carboxylic acids is 2. The minimum Gasteiger partial charge on any atom is -0.482 e. The Morgan fingerprint density at radius 2 is 2.00 bits per heavy atom. The maximum Gasteiger partial charge on any atom is 0.331 e. The number of hydrogen-bond acceptors (Lipinski definition) is 4. The van der Waals surface area contributed by atoms with Crippen LogP contribution in [0.3, 0.4) is 0 Å². The zero-order chi connectivity index (χ0) is 16.4. The summed E-state index contributed by atoms with van der Waals surface area (Å²) < 4.78 is 10.7. The number of rotatable bonds is 3. The second-order valence-corrected chi connectivity index (χ2v) is 5.48. The molecule has 0 aromatic heterocycles. The predicted molar refractivity (Wildman–Crippen MR) is 85.8 cm³/mol. The lowest BCUT2D eigenvalue weighted by Gasteiger charge is -2.28. The van der Waals surface area contributed by atoms with Gasteiger partial charge >= 0.3 is 5.97 Å². The third-order valence-electron chi connectivity index (χ3n) is 3.65. The van der Waals surface area contributed by atoms with Crippen LogP contribution >= 0.6 is 0 Å². The van der Waals surface area contributed by atoms with Crippen molar-refractivity contribution in [1.29, 1.82) is 0 Å². The summed E-state index contributed by atoms with van der Waals surface area (Å²) >= 11 is 0. The smallest absolute Gasteiger partial charge is 0.331 e. The van der Waals surface area contributed by atoms with Gasteiger partial charge in [-0.05, 0) is 37.6 Å². The summed E-state index contributed by atoms with van der Waals surface area (Å²) in [6, 6.07) is 12.7. The molecule has 1 aliphatic rings. The molecule has 23 heavy (non-hydrogen) atoms. The molecule has 0 aliphatic carbocycles. The SMILES string of the molecule is Cc1ccc(OC(=O)CN2C(=O)COc3ccccc32)c(C)c1. The van der Waals surface area contributed by atoms with Gasteiger partial charge in [0.05, 0.1) is 5.69 Å². The largest absolute Gasteiger partial charge is 0.482 e. The topological polar surface area (TPSA) is 55.8 Å². The molecule has 0 N–H and O–H groups in total. The number of aryl methyl sites for hydroxylation is 2. The molecule has 118 valence electrons.